The van der Waals surface area contributed by atoms with Crippen molar-refractivity contribution in [3.8, 4) is 0 Å². The first-order chi connectivity index (χ1) is 13.1. The number of aryl methyl sites for hydroxylation is 2. The molecule has 138 valence electrons. The molecule has 4 aromatic rings. The third kappa shape index (κ3) is 3.06. The highest BCUT2D eigenvalue weighted by Gasteiger charge is 2.10. The smallest absolute Gasteiger partial charge is 0.328 e. The molecule has 0 bridgehead atoms. The molecule has 0 aliphatic carbocycles. The number of nitrogens with two attached hydrogens (primary N) is 1. The maximum absolute atomic E-state index is 12.1. The Morgan fingerprint density at radius 2 is 1.81 bits per heavy atom. The Morgan fingerprint density at radius 3 is 2.63 bits per heavy atom. The number of hydrogen-bond acceptors (Lipinski definition) is 5. The van der Waals surface area contributed by atoms with Crippen LogP contribution in [0.15, 0.2) is 47.3 Å². The first kappa shape index (κ1) is 17.2. The molecule has 0 unspecified atom stereocenters. The molecule has 0 saturated heterocycles. The van der Waals surface area contributed by atoms with Gasteiger partial charge in [-0.1, -0.05) is 18.2 Å². The van der Waals surface area contributed by atoms with Crippen molar-refractivity contribution in [2.45, 2.75) is 13.0 Å². The summed E-state index contributed by atoms with van der Waals surface area (Å²) in [5, 5.41) is 4.40. The van der Waals surface area contributed by atoms with Crippen molar-refractivity contribution in [2.24, 2.45) is 19.8 Å². The molecule has 2 aromatic heterocycles. The summed E-state index contributed by atoms with van der Waals surface area (Å²) in [6.45, 7) is 1.11. The maximum atomic E-state index is 12.1. The number of anilines is 1. The van der Waals surface area contributed by atoms with Crippen LogP contribution in [-0.2, 0) is 27.1 Å². The Kier molecular flexibility index (Phi) is 4.37. The van der Waals surface area contributed by atoms with Crippen molar-refractivity contribution in [1.29, 1.82) is 0 Å². The summed E-state index contributed by atoms with van der Waals surface area (Å²) in [4.78, 5) is 21.3. The zero-order valence-electron chi connectivity index (χ0n) is 15.4. The van der Waals surface area contributed by atoms with Crippen molar-refractivity contribution in [3.05, 3.63) is 64.3 Å². The van der Waals surface area contributed by atoms with Crippen LogP contribution in [0.2, 0.25) is 0 Å². The predicted octanol–water partition coefficient (Wildman–Crippen LogP) is 1.93. The molecule has 0 aliphatic heterocycles. The van der Waals surface area contributed by atoms with E-state index in [4.69, 9.17) is 5.73 Å². The van der Waals surface area contributed by atoms with Gasteiger partial charge in [-0.2, -0.15) is 0 Å². The quantitative estimate of drug-likeness (QED) is 0.566. The number of benzene rings is 2. The predicted molar refractivity (Wildman–Crippen MR) is 108 cm³/mol. The third-order valence-corrected chi connectivity index (χ3v) is 4.81. The first-order valence-electron chi connectivity index (χ1n) is 8.92. The van der Waals surface area contributed by atoms with E-state index in [1.54, 1.807) is 23.2 Å². The molecule has 7 nitrogen and oxygen atoms in total. The second kappa shape index (κ2) is 6.85. The van der Waals surface area contributed by atoms with Gasteiger partial charge in [0.25, 0.3) is 0 Å². The molecule has 0 radical (unpaired) electrons. The van der Waals surface area contributed by atoms with Crippen LogP contribution < -0.4 is 16.7 Å². The molecule has 2 aromatic carbocycles. The van der Waals surface area contributed by atoms with Gasteiger partial charge in [0.05, 0.1) is 16.6 Å². The van der Waals surface area contributed by atoms with Gasteiger partial charge >= 0.3 is 5.69 Å². The molecular formula is C20H22N6O. The Morgan fingerprint density at radius 1 is 1.04 bits per heavy atom. The highest BCUT2D eigenvalue weighted by molar-refractivity contribution is 5.89. The molecule has 0 fully saturated rings. The summed E-state index contributed by atoms with van der Waals surface area (Å²) in [5.41, 5.74) is 9.46. The molecule has 0 aliphatic rings. The van der Waals surface area contributed by atoms with E-state index >= 15 is 0 Å². The molecular weight excluding hydrogens is 340 g/mol. The Bertz CT molecular complexity index is 1190. The van der Waals surface area contributed by atoms with Crippen LogP contribution in [0.4, 0.5) is 5.82 Å². The summed E-state index contributed by atoms with van der Waals surface area (Å²) in [6.07, 6.45) is 0.637. The van der Waals surface area contributed by atoms with E-state index in [1.165, 1.54) is 0 Å². The van der Waals surface area contributed by atoms with Crippen LogP contribution in [0.5, 0.6) is 0 Å². The van der Waals surface area contributed by atoms with E-state index in [-0.39, 0.29) is 5.69 Å². The highest BCUT2D eigenvalue weighted by Crippen LogP contribution is 2.21. The number of rotatable bonds is 5. The van der Waals surface area contributed by atoms with Crippen molar-refractivity contribution in [1.82, 2.24) is 19.1 Å². The monoisotopic (exact) mass is 362 g/mol. The fraction of sp³-hybridized carbons (Fsp3) is 0.250. The van der Waals surface area contributed by atoms with Crippen LogP contribution in [0.1, 0.15) is 11.4 Å². The van der Waals surface area contributed by atoms with Crippen LogP contribution in [-0.4, -0.2) is 25.6 Å². The van der Waals surface area contributed by atoms with Gasteiger partial charge in [-0.05, 0) is 36.4 Å². The fourth-order valence-electron chi connectivity index (χ4n) is 3.35. The van der Waals surface area contributed by atoms with Gasteiger partial charge in [-0.25, -0.2) is 14.8 Å². The standard InChI is InChI=1S/C20H22N6O/c1-25-16-8-7-13(11-17(16)26(2)20(25)27)12-22-19-14-5-3-4-6-15(14)23-18(24-19)9-10-21/h3-8,11H,9-10,12,21H2,1-2H3,(H,22,23,24). The maximum Gasteiger partial charge on any atom is 0.328 e. The van der Waals surface area contributed by atoms with Gasteiger partial charge in [0.15, 0.2) is 0 Å². The lowest BCUT2D eigenvalue weighted by Gasteiger charge is -2.11. The van der Waals surface area contributed by atoms with E-state index in [0.29, 0.717) is 19.5 Å². The topological polar surface area (TPSA) is 90.8 Å². The number of nitrogens with one attached hydrogen (secondary N) is 1. The number of imidazole rings is 1. The summed E-state index contributed by atoms with van der Waals surface area (Å²) in [7, 11) is 3.58. The van der Waals surface area contributed by atoms with Gasteiger partial charge < -0.3 is 11.1 Å². The third-order valence-electron chi connectivity index (χ3n) is 4.81. The van der Waals surface area contributed by atoms with Crippen LogP contribution in [0.3, 0.4) is 0 Å². The van der Waals surface area contributed by atoms with Gasteiger partial charge in [-0.3, -0.25) is 9.13 Å². The molecule has 7 heteroatoms. The lowest BCUT2D eigenvalue weighted by Crippen LogP contribution is -2.19. The number of para-hydroxylation sites is 1. The van der Waals surface area contributed by atoms with Gasteiger partial charge in [0.1, 0.15) is 11.6 Å². The van der Waals surface area contributed by atoms with E-state index in [2.05, 4.69) is 15.3 Å². The molecule has 27 heavy (non-hydrogen) atoms. The molecule has 0 amide bonds. The van der Waals surface area contributed by atoms with E-state index in [9.17, 15) is 4.79 Å². The minimum absolute atomic E-state index is 0.0247. The van der Waals surface area contributed by atoms with Crippen molar-refractivity contribution in [3.63, 3.8) is 0 Å². The highest BCUT2D eigenvalue weighted by atomic mass is 16.1. The second-order valence-electron chi connectivity index (χ2n) is 6.62. The summed E-state index contributed by atoms with van der Waals surface area (Å²) in [5.74, 6) is 1.53. The van der Waals surface area contributed by atoms with Crippen molar-refractivity contribution in [2.75, 3.05) is 11.9 Å². The molecule has 4 rings (SSSR count). The fourth-order valence-corrected chi connectivity index (χ4v) is 3.35. The Hall–Kier alpha value is -3.19. The number of aromatic nitrogens is 4. The Labute approximate surface area is 156 Å². The van der Waals surface area contributed by atoms with Crippen molar-refractivity contribution >= 4 is 27.8 Å². The number of hydrogen-bond donors (Lipinski definition) is 2. The molecule has 0 atom stereocenters. The SMILES string of the molecule is Cn1c(=O)n(C)c2cc(CNc3nc(CCN)nc4ccccc34)ccc21. The van der Waals surface area contributed by atoms with Gasteiger partial charge in [-0.15, -0.1) is 0 Å². The van der Waals surface area contributed by atoms with E-state index in [0.717, 1.165) is 39.1 Å². The molecule has 0 spiro atoms. The zero-order valence-corrected chi connectivity index (χ0v) is 15.4. The number of nitrogens with zero attached hydrogens (tertiary/aromatic N) is 4. The first-order valence-corrected chi connectivity index (χ1v) is 8.92. The minimum atomic E-state index is -0.0247. The van der Waals surface area contributed by atoms with Gasteiger partial charge in [0, 0.05) is 32.4 Å². The van der Waals surface area contributed by atoms with E-state index < -0.39 is 0 Å². The largest absolute Gasteiger partial charge is 0.365 e. The number of fused-ring (bicyclic) bond motifs is 2. The van der Waals surface area contributed by atoms with Crippen LogP contribution in [0.25, 0.3) is 21.9 Å². The normalized spacial score (nSPS) is 11.4. The zero-order chi connectivity index (χ0) is 19.0. The molecule has 3 N–H and O–H groups in total. The van der Waals surface area contributed by atoms with Crippen LogP contribution in [0, 0.1) is 0 Å². The lowest BCUT2D eigenvalue weighted by atomic mass is 10.2. The molecule has 2 heterocycles. The summed E-state index contributed by atoms with van der Waals surface area (Å²) < 4.78 is 3.32. The molecule has 0 saturated carbocycles. The summed E-state index contributed by atoms with van der Waals surface area (Å²) in [6, 6.07) is 14.0. The van der Waals surface area contributed by atoms with E-state index in [1.807, 2.05) is 42.5 Å². The van der Waals surface area contributed by atoms with Gasteiger partial charge in [0.2, 0.25) is 0 Å². The average molecular weight is 362 g/mol. The average Bonchev–Trinajstić information content (AvgIpc) is 2.90. The van der Waals surface area contributed by atoms with Crippen molar-refractivity contribution < 1.29 is 0 Å². The lowest BCUT2D eigenvalue weighted by molar-refractivity contribution is 0.795. The minimum Gasteiger partial charge on any atom is -0.365 e. The van der Waals surface area contributed by atoms with Crippen LogP contribution >= 0.6 is 0 Å². The summed E-state index contributed by atoms with van der Waals surface area (Å²) >= 11 is 0. The Balaban J connectivity index is 1.68. The second-order valence-corrected chi connectivity index (χ2v) is 6.62.